The highest BCUT2D eigenvalue weighted by atomic mass is 16.5. The minimum Gasteiger partial charge on any atom is -0.372 e. The number of hydrogen-bond acceptors (Lipinski definition) is 4. The van der Waals surface area contributed by atoms with E-state index in [4.69, 9.17) is 4.74 Å². The van der Waals surface area contributed by atoms with Gasteiger partial charge in [-0.15, -0.1) is 0 Å². The van der Waals surface area contributed by atoms with E-state index >= 15 is 0 Å². The van der Waals surface area contributed by atoms with Gasteiger partial charge in [0.1, 0.15) is 5.82 Å². The van der Waals surface area contributed by atoms with Crippen LogP contribution in [0.2, 0.25) is 0 Å². The summed E-state index contributed by atoms with van der Waals surface area (Å²) in [5.74, 6) is 1.98. The first kappa shape index (κ1) is 17.4. The number of nitrogens with zero attached hydrogens (tertiary/aromatic N) is 4. The summed E-state index contributed by atoms with van der Waals surface area (Å²) in [5, 5.41) is 0. The Morgan fingerprint density at radius 2 is 2.04 bits per heavy atom. The lowest BCUT2D eigenvalue weighted by Crippen LogP contribution is -2.52. The van der Waals surface area contributed by atoms with Gasteiger partial charge in [0.15, 0.2) is 0 Å². The Morgan fingerprint density at radius 1 is 1.29 bits per heavy atom. The van der Waals surface area contributed by atoms with E-state index < -0.39 is 0 Å². The Labute approximate surface area is 144 Å². The molecule has 0 N–H and O–H groups in total. The largest absolute Gasteiger partial charge is 0.372 e. The third-order valence-electron chi connectivity index (χ3n) is 5.13. The van der Waals surface area contributed by atoms with Gasteiger partial charge >= 0.3 is 0 Å². The Morgan fingerprint density at radius 3 is 2.71 bits per heavy atom. The van der Waals surface area contributed by atoms with Crippen molar-refractivity contribution < 1.29 is 9.53 Å². The van der Waals surface area contributed by atoms with Crippen molar-refractivity contribution in [1.29, 1.82) is 0 Å². The molecule has 6 heteroatoms. The topological polar surface area (TPSA) is 50.6 Å². The van der Waals surface area contributed by atoms with Crippen molar-refractivity contribution >= 4 is 5.91 Å². The third kappa shape index (κ3) is 4.36. The van der Waals surface area contributed by atoms with Gasteiger partial charge in [-0.2, -0.15) is 0 Å². The second-order valence-corrected chi connectivity index (χ2v) is 7.46. The molecule has 24 heavy (non-hydrogen) atoms. The second kappa shape index (κ2) is 7.66. The molecule has 3 atom stereocenters. The molecule has 0 saturated carbocycles. The second-order valence-electron chi connectivity index (χ2n) is 7.46. The zero-order chi connectivity index (χ0) is 17.1. The molecule has 2 fully saturated rings. The Bertz CT molecular complexity index is 549. The van der Waals surface area contributed by atoms with E-state index in [9.17, 15) is 4.79 Å². The molecule has 1 amide bonds. The number of hydrogen-bond donors (Lipinski definition) is 0. The van der Waals surface area contributed by atoms with E-state index in [0.29, 0.717) is 25.6 Å². The molecule has 0 spiro atoms. The van der Waals surface area contributed by atoms with Gasteiger partial charge in [-0.05, 0) is 39.2 Å². The van der Waals surface area contributed by atoms with E-state index in [1.165, 1.54) is 6.42 Å². The van der Waals surface area contributed by atoms with Crippen LogP contribution in [0.25, 0.3) is 0 Å². The molecule has 0 aliphatic carbocycles. The lowest BCUT2D eigenvalue weighted by atomic mass is 9.94. The lowest BCUT2D eigenvalue weighted by Gasteiger charge is -2.38. The number of morpholine rings is 1. The van der Waals surface area contributed by atoms with Crippen molar-refractivity contribution in [2.75, 3.05) is 32.7 Å². The Kier molecular flexibility index (Phi) is 5.56. The molecule has 134 valence electrons. The van der Waals surface area contributed by atoms with Crippen LogP contribution >= 0.6 is 0 Å². The molecule has 0 radical (unpaired) electrons. The zero-order valence-corrected chi connectivity index (χ0v) is 15.1. The number of ether oxygens (including phenoxy) is 1. The minimum atomic E-state index is 0.134. The Balaban J connectivity index is 1.51. The number of aryl methyl sites for hydroxylation is 1. The minimum absolute atomic E-state index is 0.134. The number of carbonyl (C=O) groups excluding carboxylic acids is 1. The maximum absolute atomic E-state index is 12.6. The maximum Gasteiger partial charge on any atom is 0.236 e. The van der Waals surface area contributed by atoms with Gasteiger partial charge in [-0.3, -0.25) is 9.69 Å². The number of likely N-dealkylation sites (tertiary alicyclic amines) is 1. The predicted octanol–water partition coefficient (Wildman–Crippen LogP) is 1.31. The van der Waals surface area contributed by atoms with E-state index in [0.717, 1.165) is 31.8 Å². The van der Waals surface area contributed by atoms with Gasteiger partial charge < -0.3 is 14.2 Å². The van der Waals surface area contributed by atoms with Crippen LogP contribution in [-0.2, 0) is 23.0 Å². The Hall–Kier alpha value is -1.40. The van der Waals surface area contributed by atoms with Crippen molar-refractivity contribution in [2.45, 2.75) is 45.3 Å². The smallest absolute Gasteiger partial charge is 0.236 e. The SMILES string of the molecule is C[C@@H]1CN(C(=O)CN2CCC[C@@H](Cc3nccn3C)C2)C[C@H](C)O1. The van der Waals surface area contributed by atoms with Crippen LogP contribution in [0.5, 0.6) is 0 Å². The first-order chi connectivity index (χ1) is 11.5. The van der Waals surface area contributed by atoms with Crippen LogP contribution in [0.3, 0.4) is 0 Å². The quantitative estimate of drug-likeness (QED) is 0.833. The molecule has 0 aromatic carbocycles. The van der Waals surface area contributed by atoms with Gasteiger partial charge in [0.2, 0.25) is 5.91 Å². The van der Waals surface area contributed by atoms with E-state index in [-0.39, 0.29) is 18.1 Å². The summed E-state index contributed by atoms with van der Waals surface area (Å²) in [6.45, 7) is 8.07. The molecule has 6 nitrogen and oxygen atoms in total. The van der Waals surface area contributed by atoms with E-state index in [1.807, 2.05) is 38.2 Å². The van der Waals surface area contributed by atoms with E-state index in [2.05, 4.69) is 14.5 Å². The molecule has 3 heterocycles. The molecule has 2 aliphatic rings. The first-order valence-electron chi connectivity index (χ1n) is 9.13. The summed E-state index contributed by atoms with van der Waals surface area (Å²) in [4.78, 5) is 21.4. The fourth-order valence-corrected chi connectivity index (χ4v) is 3.99. The number of amides is 1. The fraction of sp³-hybridized carbons (Fsp3) is 0.778. The van der Waals surface area contributed by atoms with Crippen molar-refractivity contribution in [1.82, 2.24) is 19.4 Å². The molecule has 0 unspecified atom stereocenters. The van der Waals surface area contributed by atoms with Crippen molar-refractivity contribution in [3.63, 3.8) is 0 Å². The average molecular weight is 334 g/mol. The standard InChI is InChI=1S/C18H30N4O2/c1-14-10-22(11-15(2)24-14)18(23)13-21-7-4-5-16(12-21)9-17-19-6-8-20(17)3/h6,8,14-16H,4-5,7,9-13H2,1-3H3/t14-,15+,16-/m0/s1. The highest BCUT2D eigenvalue weighted by Crippen LogP contribution is 2.20. The summed E-state index contributed by atoms with van der Waals surface area (Å²) < 4.78 is 7.82. The van der Waals surface area contributed by atoms with Crippen molar-refractivity contribution in [3.05, 3.63) is 18.2 Å². The highest BCUT2D eigenvalue weighted by molar-refractivity contribution is 5.78. The fourth-order valence-electron chi connectivity index (χ4n) is 3.99. The van der Waals surface area contributed by atoms with E-state index in [1.54, 1.807) is 0 Å². The summed E-state index contributed by atoms with van der Waals surface area (Å²) >= 11 is 0. The van der Waals surface area contributed by atoms with Gasteiger partial charge in [-0.1, -0.05) is 0 Å². The van der Waals surface area contributed by atoms with Gasteiger partial charge in [0.25, 0.3) is 0 Å². The monoisotopic (exact) mass is 334 g/mol. The molecule has 3 rings (SSSR count). The number of piperidine rings is 1. The van der Waals surface area contributed by atoms with Gasteiger partial charge in [0, 0.05) is 45.5 Å². The van der Waals surface area contributed by atoms with Crippen molar-refractivity contribution in [2.24, 2.45) is 13.0 Å². The lowest BCUT2D eigenvalue weighted by molar-refractivity contribution is -0.144. The summed E-state index contributed by atoms with van der Waals surface area (Å²) in [6, 6.07) is 0. The van der Waals surface area contributed by atoms with Gasteiger partial charge in [-0.25, -0.2) is 4.98 Å². The molecule has 2 aliphatic heterocycles. The summed E-state index contributed by atoms with van der Waals surface area (Å²) in [5.41, 5.74) is 0. The zero-order valence-electron chi connectivity index (χ0n) is 15.1. The summed E-state index contributed by atoms with van der Waals surface area (Å²) in [7, 11) is 2.05. The van der Waals surface area contributed by atoms with Crippen LogP contribution in [-0.4, -0.2) is 70.2 Å². The first-order valence-corrected chi connectivity index (χ1v) is 9.13. The van der Waals surface area contributed by atoms with Crippen molar-refractivity contribution in [3.8, 4) is 0 Å². The number of imidazole rings is 1. The van der Waals surface area contributed by atoms with Crippen LogP contribution < -0.4 is 0 Å². The van der Waals surface area contributed by atoms with Crippen LogP contribution in [0.4, 0.5) is 0 Å². The number of carbonyl (C=O) groups is 1. The predicted molar refractivity (Wildman–Crippen MR) is 92.7 cm³/mol. The molecule has 0 bridgehead atoms. The average Bonchev–Trinajstić information content (AvgIpc) is 2.92. The molecule has 2 saturated heterocycles. The highest BCUT2D eigenvalue weighted by Gasteiger charge is 2.28. The summed E-state index contributed by atoms with van der Waals surface area (Å²) in [6.07, 6.45) is 7.52. The number of rotatable bonds is 4. The van der Waals surface area contributed by atoms with Crippen LogP contribution in [0, 0.1) is 5.92 Å². The maximum atomic E-state index is 12.6. The molecular formula is C18H30N4O2. The number of aromatic nitrogens is 2. The molecular weight excluding hydrogens is 304 g/mol. The molecule has 1 aromatic rings. The molecule has 1 aromatic heterocycles. The van der Waals surface area contributed by atoms with Crippen LogP contribution in [0.1, 0.15) is 32.5 Å². The normalized spacial score (nSPS) is 29.0. The van der Waals surface area contributed by atoms with Gasteiger partial charge in [0.05, 0.1) is 18.8 Å². The third-order valence-corrected chi connectivity index (χ3v) is 5.13. The van der Waals surface area contributed by atoms with Crippen LogP contribution in [0.15, 0.2) is 12.4 Å².